The second-order valence-electron chi connectivity index (χ2n) is 4.71. The average molecular weight is 277 g/mol. The second kappa shape index (κ2) is 4.48. The number of nitrogens with zero attached hydrogens (tertiary/aromatic N) is 6. The van der Waals surface area contributed by atoms with Crippen molar-refractivity contribution in [2.75, 3.05) is 5.73 Å². The fourth-order valence-electron chi connectivity index (χ4n) is 2.29. The Morgan fingerprint density at radius 3 is 3.00 bits per heavy atom. The van der Waals surface area contributed by atoms with Crippen LogP contribution < -0.4 is 5.73 Å². The molecular weight excluding hydrogens is 266 g/mol. The number of aromatic nitrogens is 6. The van der Waals surface area contributed by atoms with Crippen LogP contribution in [0.1, 0.15) is 5.56 Å². The van der Waals surface area contributed by atoms with E-state index in [1.807, 2.05) is 24.3 Å². The Kier molecular flexibility index (Phi) is 2.50. The molecule has 0 unspecified atom stereocenters. The molecule has 102 valence electrons. The monoisotopic (exact) mass is 277 g/mol. The number of fused-ring (bicyclic) bond motifs is 2. The van der Waals surface area contributed by atoms with Crippen molar-refractivity contribution in [3.8, 4) is 0 Å². The van der Waals surface area contributed by atoms with Crippen molar-refractivity contribution in [1.82, 2.24) is 29.9 Å². The highest BCUT2D eigenvalue weighted by Gasteiger charge is 2.08. The maximum Gasteiger partial charge on any atom is 0.222 e. The highest BCUT2D eigenvalue weighted by atomic mass is 15.4. The fraction of sp³-hybridized carbons (Fsp3) is 0.0714. The number of hydrogen-bond donors (Lipinski definition) is 1. The van der Waals surface area contributed by atoms with Crippen LogP contribution in [0, 0.1) is 0 Å². The normalized spacial score (nSPS) is 11.2. The van der Waals surface area contributed by atoms with Gasteiger partial charge in [-0.15, -0.1) is 5.10 Å². The SMILES string of the molecule is Nc1ncc2nnn(Cc3ccc4ncccc4c3)c2n1. The van der Waals surface area contributed by atoms with Crippen molar-refractivity contribution in [3.05, 3.63) is 48.3 Å². The van der Waals surface area contributed by atoms with Crippen molar-refractivity contribution in [2.24, 2.45) is 0 Å². The predicted molar refractivity (Wildman–Crippen MR) is 78.4 cm³/mol. The van der Waals surface area contributed by atoms with Gasteiger partial charge < -0.3 is 5.73 Å². The summed E-state index contributed by atoms with van der Waals surface area (Å²) >= 11 is 0. The van der Waals surface area contributed by atoms with Gasteiger partial charge in [-0.3, -0.25) is 4.98 Å². The maximum atomic E-state index is 5.62. The third-order valence-electron chi connectivity index (χ3n) is 3.27. The lowest BCUT2D eigenvalue weighted by Gasteiger charge is -2.04. The summed E-state index contributed by atoms with van der Waals surface area (Å²) in [4.78, 5) is 12.4. The molecule has 21 heavy (non-hydrogen) atoms. The molecule has 3 aromatic heterocycles. The number of nitrogens with two attached hydrogens (primary N) is 1. The third-order valence-corrected chi connectivity index (χ3v) is 3.27. The summed E-state index contributed by atoms with van der Waals surface area (Å²) in [5.41, 5.74) is 8.95. The highest BCUT2D eigenvalue weighted by molar-refractivity contribution is 5.79. The number of pyridine rings is 1. The van der Waals surface area contributed by atoms with Gasteiger partial charge in [-0.1, -0.05) is 17.3 Å². The van der Waals surface area contributed by atoms with E-state index in [1.54, 1.807) is 17.1 Å². The number of nitrogen functional groups attached to an aromatic ring is 1. The van der Waals surface area contributed by atoms with E-state index >= 15 is 0 Å². The zero-order chi connectivity index (χ0) is 14.2. The summed E-state index contributed by atoms with van der Waals surface area (Å²) in [5, 5.41) is 9.23. The van der Waals surface area contributed by atoms with Crippen molar-refractivity contribution in [3.63, 3.8) is 0 Å². The lowest BCUT2D eigenvalue weighted by Crippen LogP contribution is -2.04. The lowest BCUT2D eigenvalue weighted by atomic mass is 10.1. The molecule has 0 aliphatic carbocycles. The Morgan fingerprint density at radius 1 is 1.10 bits per heavy atom. The molecule has 0 aliphatic rings. The minimum atomic E-state index is 0.216. The first kappa shape index (κ1) is 11.7. The summed E-state index contributed by atoms with van der Waals surface area (Å²) in [6.45, 7) is 0.567. The van der Waals surface area contributed by atoms with Crippen LogP contribution in [-0.2, 0) is 6.54 Å². The van der Waals surface area contributed by atoms with Crippen molar-refractivity contribution >= 4 is 28.0 Å². The topological polar surface area (TPSA) is 95.4 Å². The van der Waals surface area contributed by atoms with Crippen LogP contribution in [0.25, 0.3) is 22.1 Å². The number of rotatable bonds is 2. The van der Waals surface area contributed by atoms with Crippen LogP contribution in [0.4, 0.5) is 5.95 Å². The summed E-state index contributed by atoms with van der Waals surface area (Å²) in [6, 6.07) is 10.1. The van der Waals surface area contributed by atoms with Gasteiger partial charge in [0.1, 0.15) is 0 Å². The molecule has 0 aliphatic heterocycles. The minimum Gasteiger partial charge on any atom is -0.368 e. The van der Waals surface area contributed by atoms with Crippen LogP contribution in [0.5, 0.6) is 0 Å². The lowest BCUT2D eigenvalue weighted by molar-refractivity contribution is 0.664. The number of benzene rings is 1. The highest BCUT2D eigenvalue weighted by Crippen LogP contribution is 2.15. The molecule has 0 bridgehead atoms. The molecule has 4 aromatic rings. The van der Waals surface area contributed by atoms with E-state index in [4.69, 9.17) is 5.73 Å². The first-order valence-corrected chi connectivity index (χ1v) is 6.45. The van der Waals surface area contributed by atoms with Crippen LogP contribution in [0.15, 0.2) is 42.7 Å². The van der Waals surface area contributed by atoms with Gasteiger partial charge in [0.15, 0.2) is 11.2 Å². The van der Waals surface area contributed by atoms with Gasteiger partial charge in [0.25, 0.3) is 0 Å². The Labute approximate surface area is 119 Å². The van der Waals surface area contributed by atoms with E-state index in [2.05, 4.69) is 31.3 Å². The van der Waals surface area contributed by atoms with Crippen LogP contribution in [-0.4, -0.2) is 29.9 Å². The van der Waals surface area contributed by atoms with E-state index in [9.17, 15) is 0 Å². The van der Waals surface area contributed by atoms with Gasteiger partial charge >= 0.3 is 0 Å². The van der Waals surface area contributed by atoms with Gasteiger partial charge in [0.05, 0.1) is 18.3 Å². The zero-order valence-corrected chi connectivity index (χ0v) is 11.0. The molecule has 0 amide bonds. The third kappa shape index (κ3) is 2.04. The zero-order valence-electron chi connectivity index (χ0n) is 11.0. The first-order valence-electron chi connectivity index (χ1n) is 6.45. The Morgan fingerprint density at radius 2 is 2.05 bits per heavy atom. The van der Waals surface area contributed by atoms with E-state index in [1.165, 1.54) is 0 Å². The molecule has 0 radical (unpaired) electrons. The van der Waals surface area contributed by atoms with Crippen molar-refractivity contribution in [2.45, 2.75) is 6.54 Å². The van der Waals surface area contributed by atoms with Gasteiger partial charge in [0, 0.05) is 11.6 Å². The van der Waals surface area contributed by atoms with Crippen LogP contribution in [0.3, 0.4) is 0 Å². The molecule has 1 aromatic carbocycles. The van der Waals surface area contributed by atoms with Gasteiger partial charge in [-0.05, 0) is 23.8 Å². The summed E-state index contributed by atoms with van der Waals surface area (Å²) in [7, 11) is 0. The van der Waals surface area contributed by atoms with Crippen LogP contribution in [0.2, 0.25) is 0 Å². The van der Waals surface area contributed by atoms with Crippen LogP contribution >= 0.6 is 0 Å². The molecular formula is C14H11N7. The predicted octanol–water partition coefficient (Wildman–Crippen LogP) is 1.40. The molecule has 4 rings (SSSR count). The Balaban J connectivity index is 1.77. The molecule has 7 nitrogen and oxygen atoms in total. The van der Waals surface area contributed by atoms with Gasteiger partial charge in [0.2, 0.25) is 5.95 Å². The Hall–Kier alpha value is -3.09. The van der Waals surface area contributed by atoms with E-state index in [0.29, 0.717) is 17.7 Å². The minimum absolute atomic E-state index is 0.216. The summed E-state index contributed by atoms with van der Waals surface area (Å²) in [5.74, 6) is 0.216. The second-order valence-corrected chi connectivity index (χ2v) is 4.71. The molecule has 0 spiro atoms. The summed E-state index contributed by atoms with van der Waals surface area (Å²) < 4.78 is 1.71. The largest absolute Gasteiger partial charge is 0.368 e. The molecule has 0 fully saturated rings. The number of anilines is 1. The molecule has 0 saturated carbocycles. The smallest absolute Gasteiger partial charge is 0.222 e. The molecule has 0 atom stereocenters. The average Bonchev–Trinajstić information content (AvgIpc) is 2.89. The van der Waals surface area contributed by atoms with E-state index < -0.39 is 0 Å². The fourth-order valence-corrected chi connectivity index (χ4v) is 2.29. The Bertz CT molecular complexity index is 944. The van der Waals surface area contributed by atoms with E-state index in [0.717, 1.165) is 16.5 Å². The number of hydrogen-bond acceptors (Lipinski definition) is 6. The van der Waals surface area contributed by atoms with E-state index in [-0.39, 0.29) is 5.95 Å². The quantitative estimate of drug-likeness (QED) is 0.595. The van der Waals surface area contributed by atoms with Crippen molar-refractivity contribution in [1.29, 1.82) is 0 Å². The first-order chi connectivity index (χ1) is 10.3. The van der Waals surface area contributed by atoms with Gasteiger partial charge in [-0.25, -0.2) is 9.67 Å². The molecule has 0 saturated heterocycles. The molecule has 3 heterocycles. The molecule has 2 N–H and O–H groups in total. The summed E-state index contributed by atoms with van der Waals surface area (Å²) in [6.07, 6.45) is 3.36. The maximum absolute atomic E-state index is 5.62. The molecule has 7 heteroatoms. The standard InChI is InChI=1S/C14H11N7/c15-14-17-7-12-13(18-14)21(20-19-12)8-9-3-4-11-10(6-9)2-1-5-16-11/h1-7H,8H2,(H2,15,17,18). The van der Waals surface area contributed by atoms with Gasteiger partial charge in [-0.2, -0.15) is 4.98 Å². The van der Waals surface area contributed by atoms with Crippen molar-refractivity contribution < 1.29 is 0 Å².